The second-order valence-electron chi connectivity index (χ2n) is 6.45. The summed E-state index contributed by atoms with van der Waals surface area (Å²) in [6, 6.07) is 19.8. The number of rotatable bonds is 6. The highest BCUT2D eigenvalue weighted by Crippen LogP contribution is 2.25. The second-order valence-corrected chi connectivity index (χ2v) is 6.84. The molecule has 0 aliphatic rings. The number of aromatic nitrogens is 2. The lowest BCUT2D eigenvalue weighted by molar-refractivity contribution is 0.238. The molecule has 0 saturated heterocycles. The highest BCUT2D eigenvalue weighted by molar-refractivity contribution is 6.29. The van der Waals surface area contributed by atoms with Crippen molar-refractivity contribution in [1.82, 2.24) is 15.5 Å². The number of urea groups is 1. The van der Waals surface area contributed by atoms with Crippen LogP contribution >= 0.6 is 11.6 Å². The largest absolute Gasteiger partial charge is 0.438 e. The van der Waals surface area contributed by atoms with Gasteiger partial charge in [-0.15, -0.1) is 10.2 Å². The molecule has 2 N–H and O–H groups in total. The molecule has 3 rings (SSSR count). The lowest BCUT2D eigenvalue weighted by atomic mass is 9.89. The first-order valence-electron chi connectivity index (χ1n) is 8.90. The van der Waals surface area contributed by atoms with Crippen LogP contribution < -0.4 is 15.4 Å². The summed E-state index contributed by atoms with van der Waals surface area (Å²) in [6.45, 7) is 4.05. The predicted octanol–water partition coefficient (Wildman–Crippen LogP) is 5.37. The standard InChI is InChI=1S/C21H21ClN4O2/c1-3-21(2,15-7-5-4-6-8-15)24-20(27)23-16-9-11-17(12-10-16)28-19-14-13-18(22)25-26-19/h4-14H,3H2,1-2H3,(H2,23,24,27). The van der Waals surface area contributed by atoms with E-state index in [9.17, 15) is 4.79 Å². The van der Waals surface area contributed by atoms with Crippen LogP contribution in [0.1, 0.15) is 25.8 Å². The summed E-state index contributed by atoms with van der Waals surface area (Å²) < 4.78 is 5.59. The van der Waals surface area contributed by atoms with Crippen LogP contribution in [-0.2, 0) is 5.54 Å². The minimum Gasteiger partial charge on any atom is -0.438 e. The zero-order valence-electron chi connectivity index (χ0n) is 15.6. The molecule has 0 aliphatic carbocycles. The average Bonchev–Trinajstić information content (AvgIpc) is 2.71. The molecule has 3 aromatic rings. The molecule has 0 spiro atoms. The van der Waals surface area contributed by atoms with E-state index in [4.69, 9.17) is 16.3 Å². The van der Waals surface area contributed by atoms with E-state index in [2.05, 4.69) is 20.8 Å². The van der Waals surface area contributed by atoms with E-state index >= 15 is 0 Å². The minimum absolute atomic E-state index is 0.273. The zero-order chi connectivity index (χ0) is 20.0. The van der Waals surface area contributed by atoms with Crippen LogP contribution in [0, 0.1) is 0 Å². The maximum absolute atomic E-state index is 12.5. The third kappa shape index (κ3) is 4.98. The summed E-state index contributed by atoms with van der Waals surface area (Å²) in [7, 11) is 0. The number of hydrogen-bond donors (Lipinski definition) is 2. The monoisotopic (exact) mass is 396 g/mol. The van der Waals surface area contributed by atoms with Crippen LogP contribution in [0.3, 0.4) is 0 Å². The van der Waals surface area contributed by atoms with Crippen LogP contribution in [0.2, 0.25) is 5.15 Å². The summed E-state index contributed by atoms with van der Waals surface area (Å²) in [4.78, 5) is 12.5. The molecule has 2 amide bonds. The fourth-order valence-electron chi connectivity index (χ4n) is 2.67. The Hall–Kier alpha value is -3.12. The van der Waals surface area contributed by atoms with E-state index in [1.807, 2.05) is 44.2 Å². The molecule has 2 aromatic carbocycles. The van der Waals surface area contributed by atoms with Crippen molar-refractivity contribution in [2.75, 3.05) is 5.32 Å². The molecule has 144 valence electrons. The lowest BCUT2D eigenvalue weighted by Gasteiger charge is -2.30. The Kier molecular flexibility index (Phi) is 6.11. The average molecular weight is 397 g/mol. The van der Waals surface area contributed by atoms with Crippen LogP contribution in [0.25, 0.3) is 0 Å². The Balaban J connectivity index is 1.61. The highest BCUT2D eigenvalue weighted by atomic mass is 35.5. The van der Waals surface area contributed by atoms with Gasteiger partial charge in [-0.2, -0.15) is 0 Å². The molecule has 0 aliphatic heterocycles. The van der Waals surface area contributed by atoms with E-state index in [1.165, 1.54) is 0 Å². The van der Waals surface area contributed by atoms with Gasteiger partial charge in [-0.05, 0) is 49.2 Å². The van der Waals surface area contributed by atoms with Gasteiger partial charge in [0.25, 0.3) is 0 Å². The number of nitrogens with one attached hydrogen (secondary N) is 2. The number of carbonyl (C=O) groups is 1. The molecule has 6 nitrogen and oxygen atoms in total. The molecule has 28 heavy (non-hydrogen) atoms. The summed E-state index contributed by atoms with van der Waals surface area (Å²) in [5.74, 6) is 0.912. The third-order valence-corrected chi connectivity index (χ3v) is 4.65. The fraction of sp³-hybridized carbons (Fsp3) is 0.190. The van der Waals surface area contributed by atoms with E-state index in [0.717, 1.165) is 12.0 Å². The molecular weight excluding hydrogens is 376 g/mol. The summed E-state index contributed by atoms with van der Waals surface area (Å²) in [5.41, 5.74) is 1.25. The number of halogens is 1. The van der Waals surface area contributed by atoms with Gasteiger partial charge in [-0.1, -0.05) is 48.9 Å². The Morgan fingerprint density at radius 2 is 1.75 bits per heavy atom. The van der Waals surface area contributed by atoms with Gasteiger partial charge >= 0.3 is 6.03 Å². The summed E-state index contributed by atoms with van der Waals surface area (Å²) in [6.07, 6.45) is 0.763. The number of carbonyl (C=O) groups excluding carboxylic acids is 1. The van der Waals surface area contributed by atoms with Gasteiger partial charge in [0.1, 0.15) is 5.75 Å². The normalized spacial score (nSPS) is 12.7. The maximum atomic E-state index is 12.5. The summed E-state index contributed by atoms with van der Waals surface area (Å²) in [5, 5.41) is 13.8. The first-order chi connectivity index (χ1) is 13.5. The first-order valence-corrected chi connectivity index (χ1v) is 9.28. The van der Waals surface area contributed by atoms with E-state index in [-0.39, 0.29) is 6.03 Å². The van der Waals surface area contributed by atoms with Gasteiger partial charge in [0, 0.05) is 11.8 Å². The number of amides is 2. The van der Waals surface area contributed by atoms with Crippen LogP contribution in [0.4, 0.5) is 10.5 Å². The lowest BCUT2D eigenvalue weighted by Crippen LogP contribution is -2.45. The van der Waals surface area contributed by atoms with Crippen LogP contribution in [0.5, 0.6) is 11.6 Å². The second kappa shape index (κ2) is 8.71. The van der Waals surface area contributed by atoms with Crippen LogP contribution in [-0.4, -0.2) is 16.2 Å². The molecule has 1 aromatic heterocycles. The molecule has 0 radical (unpaired) electrons. The fourth-order valence-corrected chi connectivity index (χ4v) is 2.77. The van der Waals surface area contributed by atoms with Crippen LogP contribution in [0.15, 0.2) is 66.7 Å². The van der Waals surface area contributed by atoms with Gasteiger partial charge in [-0.25, -0.2) is 4.79 Å². The number of nitrogens with zero attached hydrogens (tertiary/aromatic N) is 2. The summed E-state index contributed by atoms with van der Waals surface area (Å²) >= 11 is 5.70. The van der Waals surface area contributed by atoms with Crippen molar-refractivity contribution in [3.63, 3.8) is 0 Å². The van der Waals surface area contributed by atoms with E-state index in [0.29, 0.717) is 22.5 Å². The predicted molar refractivity (Wildman–Crippen MR) is 110 cm³/mol. The van der Waals surface area contributed by atoms with Crippen molar-refractivity contribution in [3.05, 3.63) is 77.4 Å². The third-order valence-electron chi connectivity index (χ3n) is 4.45. The molecule has 1 atom stereocenters. The van der Waals surface area contributed by atoms with E-state index < -0.39 is 5.54 Å². The Labute approximate surface area is 168 Å². The highest BCUT2D eigenvalue weighted by Gasteiger charge is 2.26. The van der Waals surface area contributed by atoms with Gasteiger partial charge in [-0.3, -0.25) is 0 Å². The van der Waals surface area contributed by atoms with Crippen molar-refractivity contribution in [1.29, 1.82) is 0 Å². The number of hydrogen-bond acceptors (Lipinski definition) is 4. The van der Waals surface area contributed by atoms with Gasteiger partial charge < -0.3 is 15.4 Å². The smallest absolute Gasteiger partial charge is 0.319 e. The van der Waals surface area contributed by atoms with Crippen molar-refractivity contribution in [2.45, 2.75) is 25.8 Å². The van der Waals surface area contributed by atoms with Gasteiger partial charge in [0.15, 0.2) is 5.15 Å². The SMILES string of the molecule is CCC(C)(NC(=O)Nc1ccc(Oc2ccc(Cl)nn2)cc1)c1ccccc1. The molecule has 7 heteroatoms. The number of anilines is 1. The van der Waals surface area contributed by atoms with Crippen molar-refractivity contribution >= 4 is 23.3 Å². The van der Waals surface area contributed by atoms with Crippen molar-refractivity contribution in [2.24, 2.45) is 0 Å². The molecule has 1 unspecified atom stereocenters. The van der Waals surface area contributed by atoms with E-state index in [1.54, 1.807) is 36.4 Å². The number of ether oxygens (including phenoxy) is 1. The molecule has 0 fully saturated rings. The number of benzene rings is 2. The quantitative estimate of drug-likeness (QED) is 0.587. The Morgan fingerprint density at radius 3 is 2.36 bits per heavy atom. The topological polar surface area (TPSA) is 76.1 Å². The molecule has 1 heterocycles. The first kappa shape index (κ1) is 19.6. The van der Waals surface area contributed by atoms with Gasteiger partial charge in [0.05, 0.1) is 5.54 Å². The Morgan fingerprint density at radius 1 is 1.04 bits per heavy atom. The maximum Gasteiger partial charge on any atom is 0.319 e. The molecular formula is C21H21ClN4O2. The molecule has 0 bridgehead atoms. The Bertz CT molecular complexity index is 917. The zero-order valence-corrected chi connectivity index (χ0v) is 16.4. The van der Waals surface area contributed by atoms with Gasteiger partial charge in [0.2, 0.25) is 5.88 Å². The van der Waals surface area contributed by atoms with Crippen molar-refractivity contribution in [3.8, 4) is 11.6 Å². The molecule has 0 saturated carbocycles. The minimum atomic E-state index is -0.457. The van der Waals surface area contributed by atoms with Crippen molar-refractivity contribution < 1.29 is 9.53 Å².